The van der Waals surface area contributed by atoms with E-state index in [9.17, 15) is 4.79 Å². The number of nitrogens with one attached hydrogen (secondary N) is 2. The number of hydrogen-bond donors (Lipinski definition) is 4. The molecule has 5 N–H and O–H groups in total. The van der Waals surface area contributed by atoms with Crippen molar-refractivity contribution in [2.75, 3.05) is 11.9 Å². The molecular weight excluding hydrogens is 282 g/mol. The summed E-state index contributed by atoms with van der Waals surface area (Å²) in [4.78, 5) is 16.4. The summed E-state index contributed by atoms with van der Waals surface area (Å²) in [5.41, 5.74) is 8.26. The van der Waals surface area contributed by atoms with E-state index >= 15 is 0 Å². The molecule has 0 radical (unpaired) electrons. The molecule has 22 heavy (non-hydrogen) atoms. The quantitative estimate of drug-likeness (QED) is 0.577. The first-order valence-corrected chi connectivity index (χ1v) is 6.75. The van der Waals surface area contributed by atoms with Gasteiger partial charge in [-0.15, -0.1) is 0 Å². The standard InChI is InChI=1S/C15H15N5O2/c16-12(8-21)9-1-3-10(4-2-9)15(22)19-13-5-6-17-14-11(13)7-18-20-14/h1-7,12,21H,8,16H2,(H2,17,18,19,20,22). The van der Waals surface area contributed by atoms with Crippen molar-refractivity contribution >= 4 is 22.6 Å². The van der Waals surface area contributed by atoms with E-state index in [1.54, 1.807) is 42.7 Å². The number of aromatic nitrogens is 3. The third-order valence-electron chi connectivity index (χ3n) is 3.40. The van der Waals surface area contributed by atoms with Crippen LogP contribution in [-0.4, -0.2) is 32.8 Å². The Balaban J connectivity index is 1.81. The van der Waals surface area contributed by atoms with Crippen LogP contribution in [0.5, 0.6) is 0 Å². The second-order valence-electron chi connectivity index (χ2n) is 4.86. The van der Waals surface area contributed by atoms with E-state index in [1.165, 1.54) is 0 Å². The minimum Gasteiger partial charge on any atom is -0.394 e. The number of rotatable bonds is 4. The Hall–Kier alpha value is -2.77. The van der Waals surface area contributed by atoms with E-state index in [-0.39, 0.29) is 12.5 Å². The molecule has 1 amide bonds. The van der Waals surface area contributed by atoms with Crippen LogP contribution in [0.3, 0.4) is 0 Å². The second-order valence-corrected chi connectivity index (χ2v) is 4.86. The molecule has 0 aliphatic rings. The van der Waals surface area contributed by atoms with Crippen LogP contribution in [0.25, 0.3) is 11.0 Å². The highest BCUT2D eigenvalue weighted by Crippen LogP contribution is 2.20. The zero-order valence-corrected chi connectivity index (χ0v) is 11.7. The summed E-state index contributed by atoms with van der Waals surface area (Å²) in [5, 5.41) is 19.3. The zero-order valence-electron chi connectivity index (χ0n) is 11.7. The Bertz CT molecular complexity index is 797. The number of carbonyl (C=O) groups excluding carboxylic acids is 1. The molecule has 2 aromatic heterocycles. The highest BCUT2D eigenvalue weighted by Gasteiger charge is 2.11. The highest BCUT2D eigenvalue weighted by molar-refractivity contribution is 6.08. The van der Waals surface area contributed by atoms with Crippen molar-refractivity contribution < 1.29 is 9.90 Å². The lowest BCUT2D eigenvalue weighted by Crippen LogP contribution is -2.15. The number of carbonyl (C=O) groups is 1. The van der Waals surface area contributed by atoms with Crippen LogP contribution >= 0.6 is 0 Å². The lowest BCUT2D eigenvalue weighted by molar-refractivity contribution is 0.102. The van der Waals surface area contributed by atoms with Gasteiger partial charge >= 0.3 is 0 Å². The molecule has 7 heteroatoms. The Kier molecular flexibility index (Phi) is 3.82. The van der Waals surface area contributed by atoms with Crippen molar-refractivity contribution in [3.05, 3.63) is 53.9 Å². The molecule has 1 aromatic carbocycles. The fourth-order valence-electron chi connectivity index (χ4n) is 2.14. The van der Waals surface area contributed by atoms with Gasteiger partial charge in [0.25, 0.3) is 5.91 Å². The number of benzene rings is 1. The molecule has 0 aliphatic carbocycles. The molecule has 7 nitrogen and oxygen atoms in total. The molecule has 0 saturated heterocycles. The van der Waals surface area contributed by atoms with Crippen molar-refractivity contribution in [1.29, 1.82) is 0 Å². The monoisotopic (exact) mass is 297 g/mol. The van der Waals surface area contributed by atoms with E-state index in [2.05, 4.69) is 20.5 Å². The minimum atomic E-state index is -0.442. The predicted octanol–water partition coefficient (Wildman–Crippen LogP) is 1.20. The van der Waals surface area contributed by atoms with Crippen LogP contribution in [0, 0.1) is 0 Å². The Morgan fingerprint density at radius 1 is 1.32 bits per heavy atom. The number of H-pyrrole nitrogens is 1. The van der Waals surface area contributed by atoms with Crippen molar-refractivity contribution in [3.63, 3.8) is 0 Å². The maximum atomic E-state index is 12.3. The van der Waals surface area contributed by atoms with Gasteiger partial charge in [-0.1, -0.05) is 12.1 Å². The molecule has 0 aliphatic heterocycles. The van der Waals surface area contributed by atoms with Gasteiger partial charge in [0.1, 0.15) is 0 Å². The van der Waals surface area contributed by atoms with E-state index in [0.29, 0.717) is 16.9 Å². The van der Waals surface area contributed by atoms with E-state index in [0.717, 1.165) is 10.9 Å². The number of nitrogens with two attached hydrogens (primary N) is 1. The van der Waals surface area contributed by atoms with Crippen LogP contribution in [-0.2, 0) is 0 Å². The fraction of sp³-hybridized carbons (Fsp3) is 0.133. The summed E-state index contributed by atoms with van der Waals surface area (Å²) >= 11 is 0. The number of nitrogens with zero attached hydrogens (tertiary/aromatic N) is 2. The fourth-order valence-corrected chi connectivity index (χ4v) is 2.14. The van der Waals surface area contributed by atoms with Gasteiger partial charge in [0.2, 0.25) is 0 Å². The van der Waals surface area contributed by atoms with Crippen LogP contribution in [0.4, 0.5) is 5.69 Å². The van der Waals surface area contributed by atoms with Gasteiger partial charge in [-0.2, -0.15) is 5.10 Å². The number of amides is 1. The molecule has 3 aromatic rings. The van der Waals surface area contributed by atoms with Gasteiger partial charge in [-0.3, -0.25) is 9.89 Å². The maximum Gasteiger partial charge on any atom is 0.255 e. The van der Waals surface area contributed by atoms with E-state index < -0.39 is 6.04 Å². The Morgan fingerprint density at radius 2 is 2.09 bits per heavy atom. The van der Waals surface area contributed by atoms with Gasteiger partial charge in [0.05, 0.1) is 29.9 Å². The Morgan fingerprint density at radius 3 is 2.82 bits per heavy atom. The molecule has 0 fully saturated rings. The van der Waals surface area contributed by atoms with Gasteiger partial charge in [0, 0.05) is 11.8 Å². The average molecular weight is 297 g/mol. The summed E-state index contributed by atoms with van der Waals surface area (Å²) in [7, 11) is 0. The molecule has 0 bridgehead atoms. The number of aromatic amines is 1. The molecule has 0 spiro atoms. The number of anilines is 1. The maximum absolute atomic E-state index is 12.3. The SMILES string of the molecule is NC(CO)c1ccc(C(=O)Nc2ccnc3[nH]ncc23)cc1. The smallest absolute Gasteiger partial charge is 0.255 e. The summed E-state index contributed by atoms with van der Waals surface area (Å²) < 4.78 is 0. The molecule has 1 atom stereocenters. The van der Waals surface area contributed by atoms with Crippen LogP contribution in [0.15, 0.2) is 42.7 Å². The van der Waals surface area contributed by atoms with Gasteiger partial charge in [-0.05, 0) is 23.8 Å². The van der Waals surface area contributed by atoms with Crippen molar-refractivity contribution in [2.24, 2.45) is 5.73 Å². The van der Waals surface area contributed by atoms with Gasteiger partial charge in [0.15, 0.2) is 5.65 Å². The zero-order chi connectivity index (χ0) is 15.5. The van der Waals surface area contributed by atoms with Crippen molar-refractivity contribution in [1.82, 2.24) is 15.2 Å². The van der Waals surface area contributed by atoms with Crippen LogP contribution in [0.1, 0.15) is 22.0 Å². The molecule has 1 unspecified atom stereocenters. The molecule has 2 heterocycles. The molecule has 112 valence electrons. The largest absolute Gasteiger partial charge is 0.394 e. The number of pyridine rings is 1. The third kappa shape index (κ3) is 2.67. The summed E-state index contributed by atoms with van der Waals surface area (Å²) in [6, 6.07) is 8.09. The summed E-state index contributed by atoms with van der Waals surface area (Å²) in [6.45, 7) is -0.138. The second kappa shape index (κ2) is 5.92. The minimum absolute atomic E-state index is 0.138. The lowest BCUT2D eigenvalue weighted by Gasteiger charge is -2.10. The lowest BCUT2D eigenvalue weighted by atomic mass is 10.1. The number of fused-ring (bicyclic) bond motifs is 1. The van der Waals surface area contributed by atoms with Crippen LogP contribution in [0.2, 0.25) is 0 Å². The topological polar surface area (TPSA) is 117 Å². The average Bonchev–Trinajstić information content (AvgIpc) is 3.04. The molecule has 0 saturated carbocycles. The predicted molar refractivity (Wildman–Crippen MR) is 82.3 cm³/mol. The first-order valence-electron chi connectivity index (χ1n) is 6.75. The van der Waals surface area contributed by atoms with Gasteiger partial charge < -0.3 is 16.2 Å². The van der Waals surface area contributed by atoms with Crippen molar-refractivity contribution in [3.8, 4) is 0 Å². The first kappa shape index (κ1) is 14.2. The normalized spacial score (nSPS) is 12.3. The van der Waals surface area contributed by atoms with Gasteiger partial charge in [-0.25, -0.2) is 4.98 Å². The summed E-state index contributed by atoms with van der Waals surface area (Å²) in [6.07, 6.45) is 3.21. The number of aliphatic hydroxyl groups excluding tert-OH is 1. The van der Waals surface area contributed by atoms with E-state index in [4.69, 9.17) is 10.8 Å². The van der Waals surface area contributed by atoms with Crippen molar-refractivity contribution in [2.45, 2.75) is 6.04 Å². The summed E-state index contributed by atoms with van der Waals surface area (Å²) in [5.74, 6) is -0.238. The number of aliphatic hydroxyl groups is 1. The van der Waals surface area contributed by atoms with Crippen LogP contribution < -0.4 is 11.1 Å². The Labute approximate surface area is 126 Å². The molecular formula is C15H15N5O2. The highest BCUT2D eigenvalue weighted by atomic mass is 16.3. The first-order chi connectivity index (χ1) is 10.7. The number of hydrogen-bond acceptors (Lipinski definition) is 5. The third-order valence-corrected chi connectivity index (χ3v) is 3.40. The molecule has 3 rings (SSSR count). The van der Waals surface area contributed by atoms with E-state index in [1.807, 2.05) is 0 Å².